The quantitative estimate of drug-likeness (QED) is 0.846. The van der Waals surface area contributed by atoms with Crippen molar-refractivity contribution in [1.82, 2.24) is 15.1 Å². The van der Waals surface area contributed by atoms with Crippen molar-refractivity contribution in [2.75, 3.05) is 0 Å². The lowest BCUT2D eigenvalue weighted by atomic mass is 10.1. The number of rotatable bonds is 4. The molecule has 0 saturated heterocycles. The molecule has 0 bridgehead atoms. The van der Waals surface area contributed by atoms with Crippen LogP contribution in [0, 0.1) is 0 Å². The standard InChI is InChI=1S/C13H17N3O/c1-10(12-5-3-4-6-13(12)17)14-7-11-8-15-16(2)9-11/h3-6,8-10,14,17H,7H2,1-2H3. The van der Waals surface area contributed by atoms with Gasteiger partial charge in [0.2, 0.25) is 0 Å². The summed E-state index contributed by atoms with van der Waals surface area (Å²) in [5.74, 6) is 0.332. The Morgan fingerprint density at radius 1 is 1.41 bits per heavy atom. The lowest BCUT2D eigenvalue weighted by Gasteiger charge is -2.14. The normalized spacial score (nSPS) is 12.6. The number of hydrogen-bond acceptors (Lipinski definition) is 3. The van der Waals surface area contributed by atoms with Gasteiger partial charge in [0.05, 0.1) is 6.20 Å². The average Bonchev–Trinajstić information content (AvgIpc) is 2.73. The van der Waals surface area contributed by atoms with Crippen LogP contribution in [0.1, 0.15) is 24.1 Å². The Balaban J connectivity index is 1.98. The van der Waals surface area contributed by atoms with E-state index in [1.54, 1.807) is 10.7 Å². The van der Waals surface area contributed by atoms with Gasteiger partial charge in [-0.15, -0.1) is 0 Å². The maximum atomic E-state index is 9.73. The molecule has 4 heteroatoms. The fourth-order valence-electron chi connectivity index (χ4n) is 1.80. The molecule has 17 heavy (non-hydrogen) atoms. The van der Waals surface area contributed by atoms with Crippen molar-refractivity contribution >= 4 is 0 Å². The molecule has 2 N–H and O–H groups in total. The van der Waals surface area contributed by atoms with E-state index in [9.17, 15) is 5.11 Å². The topological polar surface area (TPSA) is 50.1 Å². The van der Waals surface area contributed by atoms with Gasteiger partial charge in [0.25, 0.3) is 0 Å². The molecule has 1 atom stereocenters. The molecule has 2 aromatic rings. The van der Waals surface area contributed by atoms with Crippen LogP contribution in [0.2, 0.25) is 0 Å². The number of phenols is 1. The predicted molar refractivity (Wildman–Crippen MR) is 66.6 cm³/mol. The molecule has 0 radical (unpaired) electrons. The van der Waals surface area contributed by atoms with E-state index in [1.807, 2.05) is 44.6 Å². The van der Waals surface area contributed by atoms with E-state index in [1.165, 1.54) is 0 Å². The van der Waals surface area contributed by atoms with E-state index in [0.717, 1.165) is 17.7 Å². The molecule has 1 aromatic carbocycles. The summed E-state index contributed by atoms with van der Waals surface area (Å²) in [5, 5.41) is 17.2. The van der Waals surface area contributed by atoms with Crippen molar-refractivity contribution in [3.63, 3.8) is 0 Å². The number of para-hydroxylation sites is 1. The van der Waals surface area contributed by atoms with Gasteiger partial charge in [-0.1, -0.05) is 18.2 Å². The molecule has 90 valence electrons. The Morgan fingerprint density at radius 2 is 2.18 bits per heavy atom. The molecule has 0 spiro atoms. The Bertz CT molecular complexity index is 493. The van der Waals surface area contributed by atoms with Crippen LogP contribution in [-0.2, 0) is 13.6 Å². The highest BCUT2D eigenvalue weighted by molar-refractivity contribution is 5.34. The molecular formula is C13H17N3O. The van der Waals surface area contributed by atoms with Gasteiger partial charge in [-0.25, -0.2) is 0 Å². The van der Waals surface area contributed by atoms with Gasteiger partial charge in [0.1, 0.15) is 5.75 Å². The number of benzene rings is 1. The average molecular weight is 231 g/mol. The van der Waals surface area contributed by atoms with Crippen molar-refractivity contribution in [2.45, 2.75) is 19.5 Å². The summed E-state index contributed by atoms with van der Waals surface area (Å²) < 4.78 is 1.78. The molecule has 1 heterocycles. The number of hydrogen-bond donors (Lipinski definition) is 2. The molecule has 1 unspecified atom stereocenters. The number of aryl methyl sites for hydroxylation is 1. The molecule has 1 aromatic heterocycles. The van der Waals surface area contributed by atoms with Crippen molar-refractivity contribution in [1.29, 1.82) is 0 Å². The predicted octanol–water partition coefficient (Wildman–Crippen LogP) is 1.98. The van der Waals surface area contributed by atoms with E-state index in [2.05, 4.69) is 10.4 Å². The molecule has 0 amide bonds. The third-order valence-electron chi connectivity index (χ3n) is 2.77. The summed E-state index contributed by atoms with van der Waals surface area (Å²) in [4.78, 5) is 0. The van der Waals surface area contributed by atoms with Crippen molar-refractivity contribution in [3.05, 3.63) is 47.8 Å². The van der Waals surface area contributed by atoms with Gasteiger partial charge >= 0.3 is 0 Å². The molecule has 0 aliphatic rings. The third-order valence-corrected chi connectivity index (χ3v) is 2.77. The van der Waals surface area contributed by atoms with E-state index in [4.69, 9.17) is 0 Å². The Labute approximate surface area is 101 Å². The summed E-state index contributed by atoms with van der Waals surface area (Å²) in [6.07, 6.45) is 3.81. The number of aromatic nitrogens is 2. The monoisotopic (exact) mass is 231 g/mol. The van der Waals surface area contributed by atoms with Crippen LogP contribution >= 0.6 is 0 Å². The maximum Gasteiger partial charge on any atom is 0.120 e. The third kappa shape index (κ3) is 2.85. The summed E-state index contributed by atoms with van der Waals surface area (Å²) in [6.45, 7) is 2.77. The minimum atomic E-state index is 0.108. The Kier molecular flexibility index (Phi) is 3.44. The Morgan fingerprint density at radius 3 is 2.82 bits per heavy atom. The minimum Gasteiger partial charge on any atom is -0.508 e. The fourth-order valence-corrected chi connectivity index (χ4v) is 1.80. The zero-order chi connectivity index (χ0) is 12.3. The van der Waals surface area contributed by atoms with Crippen LogP contribution in [0.15, 0.2) is 36.7 Å². The van der Waals surface area contributed by atoms with Gasteiger partial charge in [-0.2, -0.15) is 5.10 Å². The second-order valence-electron chi connectivity index (χ2n) is 4.18. The highest BCUT2D eigenvalue weighted by Crippen LogP contribution is 2.23. The van der Waals surface area contributed by atoms with Crippen LogP contribution in [-0.4, -0.2) is 14.9 Å². The summed E-state index contributed by atoms with van der Waals surface area (Å²) in [7, 11) is 1.90. The highest BCUT2D eigenvalue weighted by atomic mass is 16.3. The van der Waals surface area contributed by atoms with Crippen molar-refractivity contribution < 1.29 is 5.11 Å². The summed E-state index contributed by atoms with van der Waals surface area (Å²) in [5.41, 5.74) is 2.05. The summed E-state index contributed by atoms with van der Waals surface area (Å²) >= 11 is 0. The smallest absolute Gasteiger partial charge is 0.120 e. The second kappa shape index (κ2) is 5.01. The maximum absolute atomic E-state index is 9.73. The molecular weight excluding hydrogens is 214 g/mol. The van der Waals surface area contributed by atoms with Crippen LogP contribution in [0.25, 0.3) is 0 Å². The zero-order valence-electron chi connectivity index (χ0n) is 10.1. The molecule has 2 rings (SSSR count). The second-order valence-corrected chi connectivity index (χ2v) is 4.18. The zero-order valence-corrected chi connectivity index (χ0v) is 10.1. The van der Waals surface area contributed by atoms with E-state index >= 15 is 0 Å². The first kappa shape index (κ1) is 11.7. The number of aromatic hydroxyl groups is 1. The van der Waals surface area contributed by atoms with Gasteiger partial charge in [-0.05, 0) is 13.0 Å². The summed E-state index contributed by atoms with van der Waals surface area (Å²) in [6, 6.07) is 7.49. The fraction of sp³-hybridized carbons (Fsp3) is 0.308. The van der Waals surface area contributed by atoms with Crippen molar-refractivity contribution in [2.24, 2.45) is 7.05 Å². The van der Waals surface area contributed by atoms with Crippen LogP contribution in [0.4, 0.5) is 0 Å². The first-order valence-electron chi connectivity index (χ1n) is 5.65. The Hall–Kier alpha value is -1.81. The molecule has 0 saturated carbocycles. The largest absolute Gasteiger partial charge is 0.508 e. The first-order valence-corrected chi connectivity index (χ1v) is 5.65. The lowest BCUT2D eigenvalue weighted by molar-refractivity contribution is 0.452. The van der Waals surface area contributed by atoms with E-state index < -0.39 is 0 Å². The first-order chi connectivity index (χ1) is 8.16. The van der Waals surface area contributed by atoms with Crippen molar-refractivity contribution in [3.8, 4) is 5.75 Å². The minimum absolute atomic E-state index is 0.108. The van der Waals surface area contributed by atoms with Gasteiger partial charge in [0.15, 0.2) is 0 Å². The molecule has 0 aliphatic carbocycles. The van der Waals surface area contributed by atoms with Crippen LogP contribution < -0.4 is 5.32 Å². The lowest BCUT2D eigenvalue weighted by Crippen LogP contribution is -2.17. The number of phenolic OH excluding ortho intramolecular Hbond substituents is 1. The van der Waals surface area contributed by atoms with Gasteiger partial charge in [-0.3, -0.25) is 4.68 Å². The van der Waals surface area contributed by atoms with E-state index in [-0.39, 0.29) is 6.04 Å². The number of nitrogens with zero attached hydrogens (tertiary/aromatic N) is 2. The molecule has 0 fully saturated rings. The number of nitrogens with one attached hydrogen (secondary N) is 1. The van der Waals surface area contributed by atoms with Crippen LogP contribution in [0.3, 0.4) is 0 Å². The molecule has 4 nitrogen and oxygen atoms in total. The van der Waals surface area contributed by atoms with Gasteiger partial charge < -0.3 is 10.4 Å². The van der Waals surface area contributed by atoms with Crippen LogP contribution in [0.5, 0.6) is 5.75 Å². The van der Waals surface area contributed by atoms with E-state index in [0.29, 0.717) is 5.75 Å². The SMILES string of the molecule is CC(NCc1cnn(C)c1)c1ccccc1O. The van der Waals surface area contributed by atoms with Gasteiger partial charge in [0, 0.05) is 37.0 Å². The highest BCUT2D eigenvalue weighted by Gasteiger charge is 2.09. The molecule has 0 aliphatic heterocycles.